The van der Waals surface area contributed by atoms with Crippen molar-refractivity contribution in [2.45, 2.75) is 32.0 Å². The minimum atomic E-state index is -0.692. The summed E-state index contributed by atoms with van der Waals surface area (Å²) in [6.45, 7) is 2.31. The molecule has 2 amide bonds. The van der Waals surface area contributed by atoms with E-state index in [0.29, 0.717) is 6.54 Å². The molecular formula is C18H22N4O3S. The Hall–Kier alpha value is -2.29. The Morgan fingerprint density at radius 3 is 2.73 bits per heavy atom. The van der Waals surface area contributed by atoms with Crippen LogP contribution in [0.2, 0.25) is 0 Å². The molecule has 2 atom stereocenters. The van der Waals surface area contributed by atoms with E-state index < -0.39 is 12.1 Å². The van der Waals surface area contributed by atoms with Crippen molar-refractivity contribution in [1.82, 2.24) is 15.2 Å². The smallest absolute Gasteiger partial charge is 0.243 e. The molecule has 0 saturated carbocycles. The lowest BCUT2D eigenvalue weighted by Crippen LogP contribution is -2.47. The summed E-state index contributed by atoms with van der Waals surface area (Å²) in [5, 5.41) is 12.6. The molecule has 1 saturated heterocycles. The largest absolute Gasteiger partial charge is 0.391 e. The number of aromatic nitrogens is 1. The summed E-state index contributed by atoms with van der Waals surface area (Å²) in [7, 11) is 0. The van der Waals surface area contributed by atoms with Crippen molar-refractivity contribution in [3.8, 4) is 10.4 Å². The molecule has 2 aromatic rings. The van der Waals surface area contributed by atoms with Crippen LogP contribution in [0.3, 0.4) is 0 Å². The number of carbonyl (C=O) groups excluding carboxylic acids is 2. The Morgan fingerprint density at radius 1 is 1.38 bits per heavy atom. The zero-order valence-corrected chi connectivity index (χ0v) is 15.3. The van der Waals surface area contributed by atoms with E-state index in [4.69, 9.17) is 5.73 Å². The average molecular weight is 374 g/mol. The van der Waals surface area contributed by atoms with Crippen LogP contribution in [-0.2, 0) is 16.1 Å². The second-order valence-electron chi connectivity index (χ2n) is 6.34. The van der Waals surface area contributed by atoms with Crippen molar-refractivity contribution >= 4 is 23.2 Å². The van der Waals surface area contributed by atoms with Crippen molar-refractivity contribution in [1.29, 1.82) is 0 Å². The number of thiazole rings is 1. The summed E-state index contributed by atoms with van der Waals surface area (Å²) in [6.07, 6.45) is -0.454. The normalized spacial score (nSPS) is 19.6. The molecular weight excluding hydrogens is 352 g/mol. The molecule has 1 aromatic heterocycles. The summed E-state index contributed by atoms with van der Waals surface area (Å²) in [5.41, 5.74) is 10.3. The molecule has 0 aliphatic carbocycles. The van der Waals surface area contributed by atoms with Crippen molar-refractivity contribution in [2.24, 2.45) is 5.73 Å². The molecule has 0 radical (unpaired) electrons. The maximum Gasteiger partial charge on any atom is 0.243 e. The van der Waals surface area contributed by atoms with Crippen LogP contribution in [0.5, 0.6) is 0 Å². The van der Waals surface area contributed by atoms with Gasteiger partial charge in [0.1, 0.15) is 6.04 Å². The van der Waals surface area contributed by atoms with Crippen LogP contribution in [0.1, 0.15) is 17.7 Å². The Bertz CT molecular complexity index is 790. The van der Waals surface area contributed by atoms with E-state index >= 15 is 0 Å². The first-order valence-corrected chi connectivity index (χ1v) is 9.32. The number of likely N-dealkylation sites (tertiary alicyclic amines) is 1. The molecule has 0 spiro atoms. The van der Waals surface area contributed by atoms with Crippen molar-refractivity contribution in [2.75, 3.05) is 13.1 Å². The minimum absolute atomic E-state index is 0.150. The van der Waals surface area contributed by atoms with Crippen LogP contribution in [0.25, 0.3) is 10.4 Å². The summed E-state index contributed by atoms with van der Waals surface area (Å²) in [4.78, 5) is 31.0. The maximum absolute atomic E-state index is 12.4. The molecule has 2 heterocycles. The fourth-order valence-electron chi connectivity index (χ4n) is 3.12. The third-order valence-corrected chi connectivity index (χ3v) is 5.48. The molecule has 1 aliphatic heterocycles. The highest BCUT2D eigenvalue weighted by Crippen LogP contribution is 2.27. The number of amides is 2. The van der Waals surface area contributed by atoms with Gasteiger partial charge in [-0.1, -0.05) is 24.3 Å². The van der Waals surface area contributed by atoms with Gasteiger partial charge in [0.2, 0.25) is 11.8 Å². The third kappa shape index (κ3) is 3.92. The van der Waals surface area contributed by atoms with Gasteiger partial charge in [-0.3, -0.25) is 9.59 Å². The predicted molar refractivity (Wildman–Crippen MR) is 99.3 cm³/mol. The van der Waals surface area contributed by atoms with Gasteiger partial charge in [0.25, 0.3) is 0 Å². The van der Waals surface area contributed by atoms with Gasteiger partial charge in [0.15, 0.2) is 0 Å². The zero-order valence-electron chi connectivity index (χ0n) is 14.5. The highest BCUT2D eigenvalue weighted by molar-refractivity contribution is 7.13. The second kappa shape index (κ2) is 7.94. The second-order valence-corrected chi connectivity index (χ2v) is 7.19. The lowest BCUT2D eigenvalue weighted by atomic mass is 10.1. The van der Waals surface area contributed by atoms with Crippen molar-refractivity contribution < 1.29 is 14.7 Å². The van der Waals surface area contributed by atoms with Crippen LogP contribution < -0.4 is 11.1 Å². The molecule has 26 heavy (non-hydrogen) atoms. The Kier molecular flexibility index (Phi) is 5.65. The van der Waals surface area contributed by atoms with E-state index in [0.717, 1.165) is 21.7 Å². The number of carbonyl (C=O) groups is 2. The molecule has 1 aliphatic rings. The van der Waals surface area contributed by atoms with E-state index in [9.17, 15) is 14.7 Å². The third-order valence-electron chi connectivity index (χ3n) is 4.51. The molecule has 0 unspecified atom stereocenters. The number of benzene rings is 1. The number of nitrogens with two attached hydrogens (primary N) is 1. The molecule has 7 nitrogen and oxygen atoms in total. The zero-order chi connectivity index (χ0) is 18.7. The summed E-state index contributed by atoms with van der Waals surface area (Å²) in [6, 6.07) is 7.26. The topological polar surface area (TPSA) is 109 Å². The van der Waals surface area contributed by atoms with Gasteiger partial charge in [0.05, 0.1) is 28.7 Å². The van der Waals surface area contributed by atoms with Crippen LogP contribution in [0.4, 0.5) is 0 Å². The SMILES string of the molecule is Cc1ncsc1-c1ccc(CNC(=O)[C@H]2C[C@H](O)CN2C(=O)CN)cc1. The number of nitrogens with one attached hydrogen (secondary N) is 1. The highest BCUT2D eigenvalue weighted by atomic mass is 32.1. The van der Waals surface area contributed by atoms with Gasteiger partial charge < -0.3 is 21.1 Å². The monoisotopic (exact) mass is 374 g/mol. The van der Waals surface area contributed by atoms with Crippen molar-refractivity contribution in [3.05, 3.63) is 41.0 Å². The lowest BCUT2D eigenvalue weighted by Gasteiger charge is -2.23. The van der Waals surface area contributed by atoms with Crippen molar-refractivity contribution in [3.63, 3.8) is 0 Å². The van der Waals surface area contributed by atoms with Crippen LogP contribution in [0, 0.1) is 6.92 Å². The minimum Gasteiger partial charge on any atom is -0.391 e. The number of aliphatic hydroxyl groups is 1. The number of nitrogens with zero attached hydrogens (tertiary/aromatic N) is 2. The Labute approximate surface area is 155 Å². The lowest BCUT2D eigenvalue weighted by molar-refractivity contribution is -0.137. The number of β-amino-alcohol motifs (C(OH)–C–C–N with tert-alkyl or cyclic N) is 1. The Balaban J connectivity index is 1.61. The molecule has 8 heteroatoms. The fourth-order valence-corrected chi connectivity index (χ4v) is 3.93. The van der Waals surface area contributed by atoms with Gasteiger partial charge in [-0.05, 0) is 18.1 Å². The fraction of sp³-hybridized carbons (Fsp3) is 0.389. The predicted octanol–water partition coefficient (Wildman–Crippen LogP) is 0.655. The molecule has 4 N–H and O–H groups in total. The Morgan fingerprint density at radius 2 is 2.12 bits per heavy atom. The first-order valence-electron chi connectivity index (χ1n) is 8.44. The quantitative estimate of drug-likeness (QED) is 0.712. The standard InChI is InChI=1S/C18H22N4O3S/c1-11-17(26-10-21-11)13-4-2-12(3-5-13)8-20-18(25)15-6-14(23)9-22(15)16(24)7-19/h2-5,10,14-15,23H,6-9,19H2,1H3,(H,20,25)/t14-,15+/m0/s1. The first kappa shape index (κ1) is 18.5. The number of hydrogen-bond acceptors (Lipinski definition) is 6. The highest BCUT2D eigenvalue weighted by Gasteiger charge is 2.38. The first-order chi connectivity index (χ1) is 12.5. The number of hydrogen-bond donors (Lipinski definition) is 3. The summed E-state index contributed by atoms with van der Waals surface area (Å²) >= 11 is 1.60. The molecule has 1 fully saturated rings. The average Bonchev–Trinajstić information content (AvgIpc) is 3.25. The summed E-state index contributed by atoms with van der Waals surface area (Å²) < 4.78 is 0. The van der Waals surface area contributed by atoms with Gasteiger partial charge >= 0.3 is 0 Å². The van der Waals surface area contributed by atoms with Gasteiger partial charge in [-0.25, -0.2) is 4.98 Å². The number of rotatable bonds is 5. The van der Waals surface area contributed by atoms with Crippen LogP contribution in [-0.4, -0.2) is 52.0 Å². The van der Waals surface area contributed by atoms with Gasteiger partial charge in [-0.2, -0.15) is 0 Å². The molecule has 138 valence electrons. The van der Waals surface area contributed by atoms with Gasteiger partial charge in [-0.15, -0.1) is 11.3 Å². The molecule has 1 aromatic carbocycles. The van der Waals surface area contributed by atoms with E-state index in [1.165, 1.54) is 4.90 Å². The van der Waals surface area contributed by atoms with E-state index in [1.807, 2.05) is 36.7 Å². The summed E-state index contributed by atoms with van der Waals surface area (Å²) in [5.74, 6) is -0.600. The number of aryl methyl sites for hydroxylation is 1. The van der Waals surface area contributed by atoms with Gasteiger partial charge in [0, 0.05) is 19.5 Å². The van der Waals surface area contributed by atoms with E-state index in [2.05, 4.69) is 10.3 Å². The van der Waals surface area contributed by atoms with E-state index in [1.54, 1.807) is 11.3 Å². The molecule has 0 bridgehead atoms. The molecule has 3 rings (SSSR count). The van der Waals surface area contributed by atoms with Crippen LogP contribution in [0.15, 0.2) is 29.8 Å². The van der Waals surface area contributed by atoms with E-state index in [-0.39, 0.29) is 31.3 Å². The van der Waals surface area contributed by atoms with Crippen LogP contribution >= 0.6 is 11.3 Å². The maximum atomic E-state index is 12.4. The number of aliphatic hydroxyl groups excluding tert-OH is 1.